The van der Waals surface area contributed by atoms with Crippen LogP contribution in [0, 0.1) is 12.3 Å². The lowest BCUT2D eigenvalue weighted by atomic mass is 9.91. The maximum Gasteiger partial charge on any atom is 0.243 e. The third kappa shape index (κ3) is 6.91. The molecule has 133 valence electrons. The van der Waals surface area contributed by atoms with E-state index in [9.17, 15) is 14.4 Å². The predicted molar refractivity (Wildman–Crippen MR) is 98.5 cm³/mol. The Labute approximate surface area is 148 Å². The number of carbonyl (C=O) groups excluding carboxylic acids is 3. The largest absolute Gasteiger partial charge is 0.347 e. The molecule has 0 spiro atoms. The minimum Gasteiger partial charge on any atom is -0.347 e. The van der Waals surface area contributed by atoms with E-state index in [2.05, 4.69) is 10.6 Å². The SMILES string of the molecule is CSCC[C@H](NC=O)C(=O)N[C@@H](CC(C)C)C(=O)C1=CC=CC[CH]1. The number of ketones is 1. The number of thioether (sulfide) groups is 1. The summed E-state index contributed by atoms with van der Waals surface area (Å²) in [5.41, 5.74) is 0.632. The van der Waals surface area contributed by atoms with Crippen molar-refractivity contribution in [1.29, 1.82) is 0 Å². The van der Waals surface area contributed by atoms with Crippen molar-refractivity contribution in [3.8, 4) is 0 Å². The van der Waals surface area contributed by atoms with Crippen LogP contribution in [0.4, 0.5) is 0 Å². The third-order valence-electron chi connectivity index (χ3n) is 3.71. The van der Waals surface area contributed by atoms with Crippen molar-refractivity contribution >= 4 is 29.9 Å². The van der Waals surface area contributed by atoms with Gasteiger partial charge in [-0.15, -0.1) is 0 Å². The van der Waals surface area contributed by atoms with Crippen LogP contribution in [-0.2, 0) is 14.4 Å². The Kier molecular flexibility index (Phi) is 9.45. The van der Waals surface area contributed by atoms with Gasteiger partial charge in [0.2, 0.25) is 12.3 Å². The molecule has 0 aliphatic heterocycles. The van der Waals surface area contributed by atoms with E-state index in [0.29, 0.717) is 24.8 Å². The van der Waals surface area contributed by atoms with Crippen LogP contribution in [0.5, 0.6) is 0 Å². The second-order valence-electron chi connectivity index (χ2n) is 6.16. The topological polar surface area (TPSA) is 75.3 Å². The first-order valence-corrected chi connectivity index (χ1v) is 9.62. The lowest BCUT2D eigenvalue weighted by Gasteiger charge is -2.24. The van der Waals surface area contributed by atoms with Gasteiger partial charge < -0.3 is 10.6 Å². The number of Topliss-reactive ketones (excluding diaryl/α,β-unsaturated/α-hetero) is 1. The molecule has 2 N–H and O–H groups in total. The van der Waals surface area contributed by atoms with Crippen LogP contribution in [0.1, 0.15) is 33.1 Å². The van der Waals surface area contributed by atoms with Gasteiger partial charge in [-0.2, -0.15) is 11.8 Å². The van der Waals surface area contributed by atoms with Crippen molar-refractivity contribution in [2.45, 2.75) is 45.2 Å². The number of amides is 2. The molecule has 2 amide bonds. The summed E-state index contributed by atoms with van der Waals surface area (Å²) in [7, 11) is 0. The summed E-state index contributed by atoms with van der Waals surface area (Å²) in [6, 6.07) is -1.18. The highest BCUT2D eigenvalue weighted by Gasteiger charge is 2.27. The Bertz CT molecular complexity index is 500. The van der Waals surface area contributed by atoms with Gasteiger partial charge in [-0.1, -0.05) is 32.1 Å². The molecule has 1 radical (unpaired) electrons. The van der Waals surface area contributed by atoms with Crippen molar-refractivity contribution in [1.82, 2.24) is 10.6 Å². The van der Waals surface area contributed by atoms with Crippen molar-refractivity contribution in [2.75, 3.05) is 12.0 Å². The second kappa shape index (κ2) is 11.1. The average Bonchev–Trinajstić information content (AvgIpc) is 2.57. The fourth-order valence-corrected chi connectivity index (χ4v) is 2.95. The van der Waals surface area contributed by atoms with Gasteiger partial charge in [-0.3, -0.25) is 14.4 Å². The average molecular weight is 351 g/mol. The molecule has 1 aliphatic carbocycles. The van der Waals surface area contributed by atoms with E-state index in [1.54, 1.807) is 17.8 Å². The summed E-state index contributed by atoms with van der Waals surface area (Å²) in [5, 5.41) is 5.38. The molecule has 1 rings (SSSR count). The van der Waals surface area contributed by atoms with Crippen LogP contribution in [0.2, 0.25) is 0 Å². The van der Waals surface area contributed by atoms with Crippen LogP contribution >= 0.6 is 11.8 Å². The summed E-state index contributed by atoms with van der Waals surface area (Å²) in [4.78, 5) is 35.9. The molecule has 0 saturated carbocycles. The molecule has 0 aromatic heterocycles. The molecule has 0 aromatic rings. The van der Waals surface area contributed by atoms with E-state index in [0.717, 1.165) is 12.2 Å². The molecule has 5 nitrogen and oxygen atoms in total. The summed E-state index contributed by atoms with van der Waals surface area (Å²) < 4.78 is 0. The number of allylic oxidation sites excluding steroid dienone is 3. The van der Waals surface area contributed by atoms with E-state index in [1.807, 2.05) is 38.7 Å². The van der Waals surface area contributed by atoms with Crippen molar-refractivity contribution in [3.05, 3.63) is 30.2 Å². The molecular weight excluding hydrogens is 324 g/mol. The van der Waals surface area contributed by atoms with Gasteiger partial charge in [0.1, 0.15) is 6.04 Å². The zero-order valence-corrected chi connectivity index (χ0v) is 15.4. The molecule has 0 aromatic carbocycles. The fraction of sp³-hybridized carbons (Fsp3) is 0.556. The van der Waals surface area contributed by atoms with Crippen LogP contribution in [0.25, 0.3) is 0 Å². The number of nitrogens with one attached hydrogen (secondary N) is 2. The lowest BCUT2D eigenvalue weighted by molar-refractivity contribution is -0.129. The van der Waals surface area contributed by atoms with Gasteiger partial charge in [-0.05, 0) is 43.6 Å². The Morgan fingerprint density at radius 2 is 2.08 bits per heavy atom. The highest BCUT2D eigenvalue weighted by molar-refractivity contribution is 7.98. The molecule has 0 unspecified atom stereocenters. The predicted octanol–water partition coefficient (Wildman–Crippen LogP) is 2.04. The molecule has 0 heterocycles. The number of carbonyl (C=O) groups is 3. The molecule has 0 bridgehead atoms. The van der Waals surface area contributed by atoms with Crippen LogP contribution < -0.4 is 10.6 Å². The Morgan fingerprint density at radius 3 is 2.62 bits per heavy atom. The summed E-state index contributed by atoms with van der Waals surface area (Å²) in [6.07, 6.45) is 11.8. The molecule has 0 fully saturated rings. The summed E-state index contributed by atoms with van der Waals surface area (Å²) >= 11 is 1.61. The van der Waals surface area contributed by atoms with Crippen molar-refractivity contribution in [3.63, 3.8) is 0 Å². The van der Waals surface area contributed by atoms with Crippen molar-refractivity contribution in [2.24, 2.45) is 5.92 Å². The van der Waals surface area contributed by atoms with E-state index in [4.69, 9.17) is 0 Å². The quantitative estimate of drug-likeness (QED) is 0.559. The molecular formula is C18H27N2O3S. The summed E-state index contributed by atoms with van der Waals surface area (Å²) in [5.74, 6) is 0.645. The molecule has 24 heavy (non-hydrogen) atoms. The zero-order valence-electron chi connectivity index (χ0n) is 14.6. The number of hydrogen-bond donors (Lipinski definition) is 2. The van der Waals surface area contributed by atoms with Crippen LogP contribution in [0.3, 0.4) is 0 Å². The molecule has 1 aliphatic rings. The minimum absolute atomic E-state index is 0.0730. The van der Waals surface area contributed by atoms with E-state index in [-0.39, 0.29) is 17.6 Å². The van der Waals surface area contributed by atoms with Gasteiger partial charge >= 0.3 is 0 Å². The standard InChI is InChI=1S/C18H27N2O3S/c1-13(2)11-16(17(22)14-7-5-4-6-8-14)20-18(23)15(19-12-21)9-10-24-3/h4-5,7-8,12-13,15-16H,6,9-11H2,1-3H3,(H,19,21)(H,20,23)/t15-,16-/m0/s1. The Hall–Kier alpha value is -1.56. The lowest BCUT2D eigenvalue weighted by Crippen LogP contribution is -2.50. The number of rotatable bonds is 11. The van der Waals surface area contributed by atoms with Gasteiger partial charge in [0, 0.05) is 5.57 Å². The highest BCUT2D eigenvalue weighted by atomic mass is 32.2. The van der Waals surface area contributed by atoms with Gasteiger partial charge in [-0.25, -0.2) is 0 Å². The van der Waals surface area contributed by atoms with E-state index >= 15 is 0 Å². The van der Waals surface area contributed by atoms with Crippen LogP contribution in [0.15, 0.2) is 23.8 Å². The highest BCUT2D eigenvalue weighted by Crippen LogP contribution is 2.17. The molecule has 6 heteroatoms. The van der Waals surface area contributed by atoms with Gasteiger partial charge in [0.25, 0.3) is 0 Å². The molecule has 0 saturated heterocycles. The normalized spacial score (nSPS) is 16.2. The second-order valence-corrected chi connectivity index (χ2v) is 7.15. The maximum atomic E-state index is 12.7. The van der Waals surface area contributed by atoms with E-state index < -0.39 is 12.1 Å². The van der Waals surface area contributed by atoms with Gasteiger partial charge in [0.05, 0.1) is 6.04 Å². The Morgan fingerprint density at radius 1 is 1.33 bits per heavy atom. The maximum absolute atomic E-state index is 12.7. The van der Waals surface area contributed by atoms with Crippen molar-refractivity contribution < 1.29 is 14.4 Å². The van der Waals surface area contributed by atoms with Gasteiger partial charge in [0.15, 0.2) is 5.78 Å². The smallest absolute Gasteiger partial charge is 0.243 e. The zero-order chi connectivity index (χ0) is 17.9. The third-order valence-corrected chi connectivity index (χ3v) is 4.35. The van der Waals surface area contributed by atoms with Crippen LogP contribution in [-0.4, -0.2) is 42.2 Å². The first-order valence-electron chi connectivity index (χ1n) is 8.22. The molecule has 2 atom stereocenters. The van der Waals surface area contributed by atoms with E-state index in [1.165, 1.54) is 0 Å². The Balaban J connectivity index is 2.81. The monoisotopic (exact) mass is 351 g/mol. The first kappa shape index (κ1) is 20.5. The number of hydrogen-bond acceptors (Lipinski definition) is 4. The summed E-state index contributed by atoms with van der Waals surface area (Å²) in [6.45, 7) is 4.03. The fourth-order valence-electron chi connectivity index (χ4n) is 2.48. The minimum atomic E-state index is -0.610. The first-order chi connectivity index (χ1) is 11.5.